The molecule has 3 aromatic heterocycles. The van der Waals surface area contributed by atoms with Crippen molar-refractivity contribution in [1.29, 1.82) is 0 Å². The molecule has 0 saturated heterocycles. The minimum absolute atomic E-state index is 0.953. The van der Waals surface area contributed by atoms with E-state index >= 15 is 0 Å². The molecule has 0 saturated carbocycles. The second kappa shape index (κ2) is 5.05. The molecule has 5 heteroatoms. The Kier molecular flexibility index (Phi) is 3.01. The first-order chi connectivity index (χ1) is 11.1. The third kappa shape index (κ3) is 2.30. The van der Waals surface area contributed by atoms with E-state index in [2.05, 4.69) is 45.8 Å². The van der Waals surface area contributed by atoms with E-state index in [9.17, 15) is 0 Å². The second-order valence-corrected chi connectivity index (χ2v) is 5.77. The number of imidazole rings is 1. The Morgan fingerprint density at radius 1 is 1.09 bits per heavy atom. The van der Waals surface area contributed by atoms with Crippen LogP contribution in [0.3, 0.4) is 0 Å². The third-order valence-corrected chi connectivity index (χ3v) is 4.10. The predicted molar refractivity (Wildman–Crippen MR) is 90.5 cm³/mol. The Balaban J connectivity index is 1.87. The molecule has 114 valence electrons. The summed E-state index contributed by atoms with van der Waals surface area (Å²) in [4.78, 5) is 9.08. The average molecular weight is 303 g/mol. The highest BCUT2D eigenvalue weighted by atomic mass is 15.2. The van der Waals surface area contributed by atoms with E-state index < -0.39 is 0 Å². The number of rotatable bonds is 2. The van der Waals surface area contributed by atoms with Crippen LogP contribution in [-0.4, -0.2) is 24.3 Å². The van der Waals surface area contributed by atoms with Crippen molar-refractivity contribution < 1.29 is 0 Å². The van der Waals surface area contributed by atoms with Crippen LogP contribution in [0.4, 0.5) is 0 Å². The van der Waals surface area contributed by atoms with Crippen molar-refractivity contribution in [2.45, 2.75) is 13.8 Å². The number of benzene rings is 1. The summed E-state index contributed by atoms with van der Waals surface area (Å²) in [6.07, 6.45) is 7.62. The average Bonchev–Trinajstić information content (AvgIpc) is 3.15. The number of pyridine rings is 1. The molecule has 5 nitrogen and oxygen atoms in total. The molecule has 0 spiro atoms. The SMILES string of the molecule is Cc1cc(-c2cnn(C)c2)nc2ccc(-n3ccnc3C)cc12. The first-order valence-electron chi connectivity index (χ1n) is 7.52. The molecular formula is C18H17N5. The Labute approximate surface area is 134 Å². The van der Waals surface area contributed by atoms with Crippen molar-refractivity contribution in [1.82, 2.24) is 24.3 Å². The van der Waals surface area contributed by atoms with Gasteiger partial charge in [-0.25, -0.2) is 9.97 Å². The third-order valence-electron chi connectivity index (χ3n) is 4.10. The normalized spacial score (nSPS) is 11.3. The van der Waals surface area contributed by atoms with Crippen molar-refractivity contribution in [3.63, 3.8) is 0 Å². The first-order valence-corrected chi connectivity index (χ1v) is 7.52. The Morgan fingerprint density at radius 3 is 2.65 bits per heavy atom. The van der Waals surface area contributed by atoms with Crippen molar-refractivity contribution in [3.8, 4) is 16.9 Å². The molecule has 0 unspecified atom stereocenters. The van der Waals surface area contributed by atoms with Gasteiger partial charge in [0.15, 0.2) is 0 Å². The topological polar surface area (TPSA) is 48.5 Å². The van der Waals surface area contributed by atoms with Crippen molar-refractivity contribution in [3.05, 3.63) is 60.4 Å². The van der Waals surface area contributed by atoms with Crippen LogP contribution in [-0.2, 0) is 7.05 Å². The molecule has 3 heterocycles. The molecule has 0 amide bonds. The zero-order chi connectivity index (χ0) is 16.0. The van der Waals surface area contributed by atoms with Crippen LogP contribution in [0.1, 0.15) is 11.4 Å². The molecule has 0 fully saturated rings. The van der Waals surface area contributed by atoms with E-state index in [1.807, 2.05) is 38.8 Å². The number of nitrogens with zero attached hydrogens (tertiary/aromatic N) is 5. The zero-order valence-corrected chi connectivity index (χ0v) is 13.4. The molecule has 0 bridgehead atoms. The second-order valence-electron chi connectivity index (χ2n) is 5.77. The highest BCUT2D eigenvalue weighted by molar-refractivity contribution is 5.86. The molecule has 4 aromatic rings. The summed E-state index contributed by atoms with van der Waals surface area (Å²) in [6.45, 7) is 4.12. The number of aryl methyl sites for hydroxylation is 3. The highest BCUT2D eigenvalue weighted by Crippen LogP contribution is 2.26. The smallest absolute Gasteiger partial charge is 0.110 e. The molecule has 0 radical (unpaired) electrons. The van der Waals surface area contributed by atoms with Crippen molar-refractivity contribution >= 4 is 10.9 Å². The van der Waals surface area contributed by atoms with Gasteiger partial charge in [-0.1, -0.05) is 0 Å². The van der Waals surface area contributed by atoms with Crippen LogP contribution < -0.4 is 0 Å². The summed E-state index contributed by atoms with van der Waals surface area (Å²) >= 11 is 0. The van der Waals surface area contributed by atoms with E-state index in [0.29, 0.717) is 0 Å². The Morgan fingerprint density at radius 2 is 1.96 bits per heavy atom. The lowest BCUT2D eigenvalue weighted by molar-refractivity contribution is 0.768. The quantitative estimate of drug-likeness (QED) is 0.570. The fraction of sp³-hybridized carbons (Fsp3) is 0.167. The standard InChI is InChI=1S/C18H17N5/c1-12-8-18(14-10-20-22(3)11-14)21-17-5-4-15(9-16(12)17)23-7-6-19-13(23)2/h4-11H,1-3H3. The fourth-order valence-electron chi connectivity index (χ4n) is 2.88. The number of hydrogen-bond acceptors (Lipinski definition) is 3. The fourth-order valence-corrected chi connectivity index (χ4v) is 2.88. The van der Waals surface area contributed by atoms with Gasteiger partial charge in [-0.3, -0.25) is 4.68 Å². The highest BCUT2D eigenvalue weighted by Gasteiger charge is 2.09. The van der Waals surface area contributed by atoms with E-state index in [4.69, 9.17) is 4.98 Å². The zero-order valence-electron chi connectivity index (χ0n) is 13.4. The Bertz CT molecular complexity index is 1010. The summed E-state index contributed by atoms with van der Waals surface area (Å²) in [6, 6.07) is 8.43. The molecule has 0 aliphatic carbocycles. The van der Waals surface area contributed by atoms with Gasteiger partial charge < -0.3 is 4.57 Å². The minimum Gasteiger partial charge on any atom is -0.304 e. The van der Waals surface area contributed by atoms with Crippen LogP contribution in [0, 0.1) is 13.8 Å². The van der Waals surface area contributed by atoms with Crippen molar-refractivity contribution in [2.24, 2.45) is 7.05 Å². The predicted octanol–water partition coefficient (Wildman–Crippen LogP) is 3.44. The number of aromatic nitrogens is 5. The summed E-state index contributed by atoms with van der Waals surface area (Å²) in [5.41, 5.74) is 5.28. The Hall–Kier alpha value is -2.95. The van der Waals surface area contributed by atoms with Crippen LogP contribution >= 0.6 is 0 Å². The van der Waals surface area contributed by atoms with E-state index in [1.54, 1.807) is 4.68 Å². The summed E-state index contributed by atoms with van der Waals surface area (Å²) in [7, 11) is 1.91. The number of hydrogen-bond donors (Lipinski definition) is 0. The number of fused-ring (bicyclic) bond motifs is 1. The molecular weight excluding hydrogens is 286 g/mol. The van der Waals surface area contributed by atoms with Gasteiger partial charge in [0.2, 0.25) is 0 Å². The summed E-state index contributed by atoms with van der Waals surface area (Å²) in [5.74, 6) is 0.974. The monoisotopic (exact) mass is 303 g/mol. The maximum absolute atomic E-state index is 4.79. The summed E-state index contributed by atoms with van der Waals surface area (Å²) in [5, 5.41) is 5.38. The minimum atomic E-state index is 0.953. The van der Waals surface area contributed by atoms with Gasteiger partial charge in [0.1, 0.15) is 5.82 Å². The molecule has 0 atom stereocenters. The van der Waals surface area contributed by atoms with Gasteiger partial charge in [0.05, 0.1) is 17.4 Å². The van der Waals surface area contributed by atoms with Gasteiger partial charge in [0, 0.05) is 42.3 Å². The lowest BCUT2D eigenvalue weighted by atomic mass is 10.1. The van der Waals surface area contributed by atoms with Gasteiger partial charge in [-0.2, -0.15) is 5.10 Å². The van der Waals surface area contributed by atoms with Gasteiger partial charge in [-0.05, 0) is 43.7 Å². The maximum atomic E-state index is 4.79. The van der Waals surface area contributed by atoms with E-state index in [-0.39, 0.29) is 0 Å². The van der Waals surface area contributed by atoms with E-state index in [0.717, 1.165) is 33.7 Å². The van der Waals surface area contributed by atoms with Crippen LogP contribution in [0.25, 0.3) is 27.8 Å². The maximum Gasteiger partial charge on any atom is 0.110 e. The lowest BCUT2D eigenvalue weighted by Gasteiger charge is -2.09. The lowest BCUT2D eigenvalue weighted by Crippen LogP contribution is -1.96. The van der Waals surface area contributed by atoms with Gasteiger partial charge in [0.25, 0.3) is 0 Å². The first kappa shape index (κ1) is 13.7. The van der Waals surface area contributed by atoms with Crippen LogP contribution in [0.15, 0.2) is 49.1 Å². The molecule has 23 heavy (non-hydrogen) atoms. The van der Waals surface area contributed by atoms with Gasteiger partial charge in [-0.15, -0.1) is 0 Å². The van der Waals surface area contributed by atoms with Gasteiger partial charge >= 0.3 is 0 Å². The molecule has 4 rings (SSSR count). The largest absolute Gasteiger partial charge is 0.304 e. The van der Waals surface area contributed by atoms with Crippen LogP contribution in [0.5, 0.6) is 0 Å². The molecule has 1 aromatic carbocycles. The van der Waals surface area contributed by atoms with Crippen LogP contribution in [0.2, 0.25) is 0 Å². The van der Waals surface area contributed by atoms with E-state index in [1.165, 1.54) is 5.56 Å². The summed E-state index contributed by atoms with van der Waals surface area (Å²) < 4.78 is 3.87. The molecule has 0 aliphatic rings. The molecule has 0 aliphatic heterocycles. The van der Waals surface area contributed by atoms with Crippen molar-refractivity contribution in [2.75, 3.05) is 0 Å². The molecule has 0 N–H and O–H groups in total.